The van der Waals surface area contributed by atoms with Crippen LogP contribution in [0.15, 0.2) is 0 Å². The van der Waals surface area contributed by atoms with Gasteiger partial charge in [0.25, 0.3) is 0 Å². The molecule has 1 unspecified atom stereocenters. The Bertz CT molecular complexity index is 274. The van der Waals surface area contributed by atoms with Crippen LogP contribution in [0.3, 0.4) is 0 Å². The first-order chi connectivity index (χ1) is 7.65. The predicted octanol–water partition coefficient (Wildman–Crippen LogP) is -0.348. The Morgan fingerprint density at radius 1 is 1.69 bits per heavy atom. The molecule has 1 fully saturated rings. The van der Waals surface area contributed by atoms with Crippen molar-refractivity contribution in [1.82, 2.24) is 15.1 Å². The maximum atomic E-state index is 11.8. The summed E-state index contributed by atoms with van der Waals surface area (Å²) in [6.07, 6.45) is 0.402. The van der Waals surface area contributed by atoms with Gasteiger partial charge >= 0.3 is 0 Å². The van der Waals surface area contributed by atoms with E-state index in [0.29, 0.717) is 25.6 Å². The Morgan fingerprint density at radius 2 is 2.44 bits per heavy atom. The van der Waals surface area contributed by atoms with Crippen molar-refractivity contribution in [2.45, 2.75) is 19.4 Å². The average molecular weight is 224 g/mol. The van der Waals surface area contributed by atoms with Crippen LogP contribution < -0.4 is 5.32 Å². The maximum absolute atomic E-state index is 11.8. The molecule has 0 bridgehead atoms. The average Bonchev–Trinajstić information content (AvgIpc) is 2.28. The predicted molar refractivity (Wildman–Crippen MR) is 61.8 cm³/mol. The molecule has 1 aliphatic rings. The highest BCUT2D eigenvalue weighted by molar-refractivity contribution is 5.78. The summed E-state index contributed by atoms with van der Waals surface area (Å²) in [4.78, 5) is 15.6. The lowest BCUT2D eigenvalue weighted by molar-refractivity contribution is -0.131. The monoisotopic (exact) mass is 224 g/mol. The van der Waals surface area contributed by atoms with Crippen molar-refractivity contribution in [1.29, 1.82) is 5.26 Å². The molecule has 5 heteroatoms. The second-order valence-electron chi connectivity index (χ2n) is 4.25. The molecular weight excluding hydrogens is 204 g/mol. The first-order valence-electron chi connectivity index (χ1n) is 5.71. The van der Waals surface area contributed by atoms with E-state index in [4.69, 9.17) is 5.26 Å². The van der Waals surface area contributed by atoms with Crippen molar-refractivity contribution >= 4 is 5.91 Å². The summed E-state index contributed by atoms with van der Waals surface area (Å²) in [6, 6.07) is 2.45. The van der Waals surface area contributed by atoms with Gasteiger partial charge in [0.1, 0.15) is 0 Å². The molecule has 0 aromatic heterocycles. The third-order valence-corrected chi connectivity index (χ3v) is 2.96. The molecule has 0 spiro atoms. The molecule has 1 rings (SSSR count). The molecule has 0 aromatic rings. The molecule has 1 saturated heterocycles. The van der Waals surface area contributed by atoms with E-state index in [1.807, 2.05) is 6.07 Å². The third-order valence-electron chi connectivity index (χ3n) is 2.96. The van der Waals surface area contributed by atoms with Crippen LogP contribution in [0.2, 0.25) is 0 Å². The molecule has 1 heterocycles. The molecule has 90 valence electrons. The number of carbonyl (C=O) groups is 1. The van der Waals surface area contributed by atoms with Gasteiger partial charge < -0.3 is 10.2 Å². The Balaban J connectivity index is 2.35. The second kappa shape index (κ2) is 6.46. The molecule has 0 radical (unpaired) electrons. The number of amides is 1. The van der Waals surface area contributed by atoms with Crippen molar-refractivity contribution in [3.05, 3.63) is 0 Å². The third kappa shape index (κ3) is 3.80. The van der Waals surface area contributed by atoms with E-state index in [0.717, 1.165) is 19.6 Å². The Kier molecular flexibility index (Phi) is 5.23. The van der Waals surface area contributed by atoms with Crippen LogP contribution in [0.5, 0.6) is 0 Å². The molecule has 0 saturated carbocycles. The van der Waals surface area contributed by atoms with Gasteiger partial charge in [-0.1, -0.05) is 0 Å². The molecule has 1 atom stereocenters. The first-order valence-corrected chi connectivity index (χ1v) is 5.71. The summed E-state index contributed by atoms with van der Waals surface area (Å²) in [6.45, 7) is 5.91. The molecule has 1 amide bonds. The summed E-state index contributed by atoms with van der Waals surface area (Å²) < 4.78 is 0. The summed E-state index contributed by atoms with van der Waals surface area (Å²) in [5, 5.41) is 11.7. The summed E-state index contributed by atoms with van der Waals surface area (Å²) in [5.74, 6) is 0.101. The smallest absolute Gasteiger partial charge is 0.236 e. The molecule has 0 aliphatic carbocycles. The van der Waals surface area contributed by atoms with Gasteiger partial charge in [0, 0.05) is 39.3 Å². The number of rotatable bonds is 4. The van der Waals surface area contributed by atoms with Crippen LogP contribution in [-0.2, 0) is 4.79 Å². The Morgan fingerprint density at radius 3 is 3.06 bits per heavy atom. The molecule has 16 heavy (non-hydrogen) atoms. The van der Waals surface area contributed by atoms with E-state index in [-0.39, 0.29) is 5.91 Å². The van der Waals surface area contributed by atoms with E-state index < -0.39 is 0 Å². The Hall–Kier alpha value is -1.12. The zero-order valence-electron chi connectivity index (χ0n) is 10.1. The normalized spacial score (nSPS) is 21.4. The maximum Gasteiger partial charge on any atom is 0.236 e. The number of hydrogen-bond acceptors (Lipinski definition) is 4. The fourth-order valence-corrected chi connectivity index (χ4v) is 1.75. The van der Waals surface area contributed by atoms with Crippen LogP contribution in [0.25, 0.3) is 0 Å². The molecule has 1 N–H and O–H groups in total. The lowest BCUT2D eigenvalue weighted by Gasteiger charge is -2.34. The lowest BCUT2D eigenvalue weighted by Crippen LogP contribution is -2.52. The minimum atomic E-state index is 0.101. The fraction of sp³-hybridized carbons (Fsp3) is 0.818. The number of nitrogens with zero attached hydrogens (tertiary/aromatic N) is 3. The van der Waals surface area contributed by atoms with Crippen molar-refractivity contribution in [2.24, 2.45) is 0 Å². The zero-order valence-corrected chi connectivity index (χ0v) is 10.1. The molecule has 1 aliphatic heterocycles. The second-order valence-corrected chi connectivity index (χ2v) is 4.25. The van der Waals surface area contributed by atoms with E-state index >= 15 is 0 Å². The van der Waals surface area contributed by atoms with Gasteiger partial charge in [-0.05, 0) is 6.92 Å². The fourth-order valence-electron chi connectivity index (χ4n) is 1.75. The van der Waals surface area contributed by atoms with Gasteiger partial charge in [-0.15, -0.1) is 0 Å². The summed E-state index contributed by atoms with van der Waals surface area (Å²) in [7, 11) is 1.76. The molecular formula is C11H20N4O. The van der Waals surface area contributed by atoms with Gasteiger partial charge in [0.05, 0.1) is 19.0 Å². The van der Waals surface area contributed by atoms with Gasteiger partial charge in [0.15, 0.2) is 0 Å². The topological polar surface area (TPSA) is 59.4 Å². The minimum absolute atomic E-state index is 0.101. The highest BCUT2D eigenvalue weighted by Gasteiger charge is 2.21. The summed E-state index contributed by atoms with van der Waals surface area (Å²) in [5.41, 5.74) is 0. The molecule has 5 nitrogen and oxygen atoms in total. The highest BCUT2D eigenvalue weighted by Crippen LogP contribution is 2.02. The highest BCUT2D eigenvalue weighted by atomic mass is 16.2. The number of nitriles is 1. The minimum Gasteiger partial charge on any atom is -0.344 e. The van der Waals surface area contributed by atoms with Gasteiger partial charge in [-0.3, -0.25) is 9.69 Å². The van der Waals surface area contributed by atoms with Crippen LogP contribution in [-0.4, -0.2) is 61.5 Å². The number of likely N-dealkylation sites (N-methyl/N-ethyl adjacent to an activating group) is 1. The van der Waals surface area contributed by atoms with Crippen molar-refractivity contribution in [3.8, 4) is 6.07 Å². The van der Waals surface area contributed by atoms with Gasteiger partial charge in [-0.25, -0.2) is 0 Å². The van der Waals surface area contributed by atoms with Crippen LogP contribution in [0.4, 0.5) is 0 Å². The number of nitrogens with one attached hydrogen (secondary N) is 1. The largest absolute Gasteiger partial charge is 0.344 e. The van der Waals surface area contributed by atoms with Gasteiger partial charge in [-0.2, -0.15) is 5.26 Å². The first kappa shape index (κ1) is 12.9. The summed E-state index contributed by atoms with van der Waals surface area (Å²) >= 11 is 0. The SMILES string of the molecule is CC1CNCCN1CC(=O)N(C)CCC#N. The number of carbonyl (C=O) groups excluding carboxylic acids is 1. The van der Waals surface area contributed by atoms with Crippen molar-refractivity contribution < 1.29 is 4.79 Å². The number of hydrogen-bond donors (Lipinski definition) is 1. The lowest BCUT2D eigenvalue weighted by atomic mass is 10.2. The van der Waals surface area contributed by atoms with Crippen LogP contribution in [0, 0.1) is 11.3 Å². The van der Waals surface area contributed by atoms with E-state index in [2.05, 4.69) is 17.1 Å². The van der Waals surface area contributed by atoms with Crippen molar-refractivity contribution in [3.63, 3.8) is 0 Å². The quantitative estimate of drug-likeness (QED) is 0.709. The molecule has 0 aromatic carbocycles. The van der Waals surface area contributed by atoms with E-state index in [1.54, 1.807) is 11.9 Å². The van der Waals surface area contributed by atoms with Gasteiger partial charge in [0.2, 0.25) is 5.91 Å². The van der Waals surface area contributed by atoms with E-state index in [1.165, 1.54) is 0 Å². The number of piperazine rings is 1. The zero-order chi connectivity index (χ0) is 12.0. The van der Waals surface area contributed by atoms with Crippen LogP contribution >= 0.6 is 0 Å². The van der Waals surface area contributed by atoms with E-state index in [9.17, 15) is 4.79 Å². The van der Waals surface area contributed by atoms with Crippen LogP contribution in [0.1, 0.15) is 13.3 Å². The Labute approximate surface area is 97.0 Å². The standard InChI is InChI=1S/C11H20N4O/c1-10-8-13-5-7-15(10)9-11(16)14(2)6-3-4-12/h10,13H,3,5-9H2,1-2H3. The van der Waals surface area contributed by atoms with Crippen molar-refractivity contribution in [2.75, 3.05) is 39.8 Å².